The number of aromatic nitrogens is 3. The van der Waals surface area contributed by atoms with Gasteiger partial charge in [-0.05, 0) is 33.9 Å². The van der Waals surface area contributed by atoms with Gasteiger partial charge in [0.05, 0.1) is 0 Å². The molecule has 3 aromatic carbocycles. The summed E-state index contributed by atoms with van der Waals surface area (Å²) in [4.78, 5) is 13.6. The van der Waals surface area contributed by atoms with E-state index in [4.69, 9.17) is 16.6 Å². The fourth-order valence-electron chi connectivity index (χ4n) is 4.13. The molecule has 1 aliphatic carbocycles. The highest BCUT2D eigenvalue weighted by Crippen LogP contribution is 2.51. The molecule has 1 aliphatic rings. The number of halogens is 1. The first-order chi connectivity index (χ1) is 13.6. The molecule has 1 heterocycles. The van der Waals surface area contributed by atoms with Gasteiger partial charge in [0, 0.05) is 16.5 Å². The van der Waals surface area contributed by atoms with Crippen molar-refractivity contribution >= 4 is 11.6 Å². The van der Waals surface area contributed by atoms with Crippen molar-refractivity contribution in [1.82, 2.24) is 15.0 Å². The van der Waals surface area contributed by atoms with E-state index in [0.29, 0.717) is 11.6 Å². The summed E-state index contributed by atoms with van der Waals surface area (Å²) in [6.45, 7) is 4.52. The fraction of sp³-hybridized carbons (Fsp3) is 0.125. The van der Waals surface area contributed by atoms with Crippen molar-refractivity contribution in [3.63, 3.8) is 0 Å². The molecule has 4 aromatic rings. The normalized spacial score (nSPS) is 13.8. The second-order valence-corrected chi connectivity index (χ2v) is 7.85. The molecule has 0 atom stereocenters. The van der Waals surface area contributed by atoms with Crippen LogP contribution in [0.1, 0.15) is 25.0 Å². The summed E-state index contributed by atoms with van der Waals surface area (Å²) in [5, 5.41) is 0.201. The first kappa shape index (κ1) is 17.1. The minimum Gasteiger partial charge on any atom is -0.208 e. The summed E-state index contributed by atoms with van der Waals surface area (Å²) in [5.41, 5.74) is 6.85. The van der Waals surface area contributed by atoms with E-state index in [1.165, 1.54) is 22.3 Å². The Labute approximate surface area is 169 Å². The van der Waals surface area contributed by atoms with Crippen LogP contribution in [-0.2, 0) is 5.41 Å². The molecule has 28 heavy (non-hydrogen) atoms. The van der Waals surface area contributed by atoms with E-state index in [1.54, 1.807) is 0 Å². The molecule has 0 aliphatic heterocycles. The largest absolute Gasteiger partial charge is 0.226 e. The summed E-state index contributed by atoms with van der Waals surface area (Å²) in [6, 6.07) is 24.7. The van der Waals surface area contributed by atoms with Crippen LogP contribution in [0.5, 0.6) is 0 Å². The molecule has 0 bridgehead atoms. The van der Waals surface area contributed by atoms with E-state index in [-0.39, 0.29) is 10.7 Å². The smallest absolute Gasteiger partial charge is 0.208 e. The minimum atomic E-state index is -0.0684. The SMILES string of the molecule is CC1(C)c2ccccc2-c2c(-c3nc(Cl)nc(-c4ccccc4)n3)cccc21. The van der Waals surface area contributed by atoms with Gasteiger partial charge in [0.25, 0.3) is 0 Å². The molecule has 0 N–H and O–H groups in total. The third kappa shape index (κ3) is 2.54. The average molecular weight is 384 g/mol. The topological polar surface area (TPSA) is 38.7 Å². The van der Waals surface area contributed by atoms with Crippen LogP contribution in [0.2, 0.25) is 5.28 Å². The molecule has 0 saturated heterocycles. The van der Waals surface area contributed by atoms with Crippen LogP contribution in [0.25, 0.3) is 33.9 Å². The van der Waals surface area contributed by atoms with E-state index in [0.717, 1.165) is 11.1 Å². The molecule has 0 fully saturated rings. The zero-order valence-corrected chi connectivity index (χ0v) is 16.4. The molecule has 0 unspecified atom stereocenters. The Morgan fingerprint density at radius 1 is 0.643 bits per heavy atom. The van der Waals surface area contributed by atoms with Gasteiger partial charge in [0.2, 0.25) is 5.28 Å². The van der Waals surface area contributed by atoms with Crippen LogP contribution in [-0.4, -0.2) is 15.0 Å². The molecular weight excluding hydrogens is 366 g/mol. The first-order valence-corrected chi connectivity index (χ1v) is 9.64. The minimum absolute atomic E-state index is 0.0684. The van der Waals surface area contributed by atoms with E-state index in [2.05, 4.69) is 66.3 Å². The summed E-state index contributed by atoms with van der Waals surface area (Å²) < 4.78 is 0. The third-order valence-corrected chi connectivity index (χ3v) is 5.66. The Balaban J connectivity index is 1.77. The highest BCUT2D eigenvalue weighted by atomic mass is 35.5. The van der Waals surface area contributed by atoms with E-state index in [1.807, 2.05) is 30.3 Å². The van der Waals surface area contributed by atoms with Gasteiger partial charge in [-0.2, -0.15) is 9.97 Å². The zero-order valence-electron chi connectivity index (χ0n) is 15.6. The van der Waals surface area contributed by atoms with Crippen LogP contribution in [0.3, 0.4) is 0 Å². The summed E-state index contributed by atoms with van der Waals surface area (Å²) in [6.07, 6.45) is 0. The fourth-order valence-corrected chi connectivity index (χ4v) is 4.29. The van der Waals surface area contributed by atoms with Gasteiger partial charge >= 0.3 is 0 Å². The van der Waals surface area contributed by atoms with Gasteiger partial charge in [-0.25, -0.2) is 4.98 Å². The van der Waals surface area contributed by atoms with Crippen LogP contribution >= 0.6 is 11.6 Å². The van der Waals surface area contributed by atoms with Crippen LogP contribution in [0.4, 0.5) is 0 Å². The highest BCUT2D eigenvalue weighted by molar-refractivity contribution is 6.28. The van der Waals surface area contributed by atoms with Gasteiger partial charge < -0.3 is 0 Å². The lowest BCUT2D eigenvalue weighted by Gasteiger charge is -2.21. The van der Waals surface area contributed by atoms with Gasteiger partial charge in [-0.3, -0.25) is 0 Å². The molecule has 0 radical (unpaired) electrons. The molecular formula is C24H18ClN3. The number of hydrogen-bond donors (Lipinski definition) is 0. The highest BCUT2D eigenvalue weighted by Gasteiger charge is 2.36. The van der Waals surface area contributed by atoms with Gasteiger partial charge in [-0.15, -0.1) is 0 Å². The predicted molar refractivity (Wildman–Crippen MR) is 113 cm³/mol. The zero-order chi connectivity index (χ0) is 19.3. The van der Waals surface area contributed by atoms with Crippen molar-refractivity contribution in [3.8, 4) is 33.9 Å². The maximum Gasteiger partial charge on any atom is 0.226 e. The Kier molecular flexibility index (Phi) is 3.81. The number of hydrogen-bond acceptors (Lipinski definition) is 3. The number of benzene rings is 3. The second kappa shape index (κ2) is 6.25. The van der Waals surface area contributed by atoms with Gasteiger partial charge in [0.1, 0.15) is 0 Å². The average Bonchev–Trinajstić information content (AvgIpc) is 2.96. The number of rotatable bonds is 2. The molecule has 136 valence electrons. The van der Waals surface area contributed by atoms with Crippen molar-refractivity contribution in [2.24, 2.45) is 0 Å². The molecule has 4 heteroatoms. The van der Waals surface area contributed by atoms with Crippen molar-refractivity contribution < 1.29 is 0 Å². The Hall–Kier alpha value is -3.04. The summed E-state index contributed by atoms with van der Waals surface area (Å²) in [7, 11) is 0. The third-order valence-electron chi connectivity index (χ3n) is 5.49. The maximum atomic E-state index is 6.29. The molecule has 5 rings (SSSR count). The van der Waals surface area contributed by atoms with E-state index < -0.39 is 0 Å². The molecule has 0 spiro atoms. The Morgan fingerprint density at radius 2 is 1.29 bits per heavy atom. The lowest BCUT2D eigenvalue weighted by atomic mass is 9.82. The second-order valence-electron chi connectivity index (χ2n) is 7.52. The Morgan fingerprint density at radius 3 is 2.11 bits per heavy atom. The van der Waals surface area contributed by atoms with Crippen LogP contribution < -0.4 is 0 Å². The lowest BCUT2D eigenvalue weighted by molar-refractivity contribution is 0.660. The Bertz CT molecular complexity index is 1200. The monoisotopic (exact) mass is 383 g/mol. The quantitative estimate of drug-likeness (QED) is 0.415. The van der Waals surface area contributed by atoms with Crippen molar-refractivity contribution in [1.29, 1.82) is 0 Å². The predicted octanol–water partition coefficient (Wildman–Crippen LogP) is 6.17. The van der Waals surface area contributed by atoms with Crippen molar-refractivity contribution in [2.75, 3.05) is 0 Å². The van der Waals surface area contributed by atoms with E-state index in [9.17, 15) is 0 Å². The standard InChI is InChI=1S/C24H18ClN3/c1-24(2)18-13-7-6-11-16(18)20-17(12-8-14-19(20)24)22-26-21(27-23(25)28-22)15-9-4-3-5-10-15/h3-14H,1-2H3. The number of fused-ring (bicyclic) bond motifs is 3. The first-order valence-electron chi connectivity index (χ1n) is 9.26. The van der Waals surface area contributed by atoms with Crippen molar-refractivity contribution in [3.05, 3.63) is 89.2 Å². The number of nitrogens with zero attached hydrogens (tertiary/aromatic N) is 3. The van der Waals surface area contributed by atoms with E-state index >= 15 is 0 Å². The maximum absolute atomic E-state index is 6.29. The molecule has 3 nitrogen and oxygen atoms in total. The van der Waals surface area contributed by atoms with Crippen LogP contribution in [0.15, 0.2) is 72.8 Å². The lowest BCUT2D eigenvalue weighted by Crippen LogP contribution is -2.14. The molecule has 0 amide bonds. The summed E-state index contributed by atoms with van der Waals surface area (Å²) in [5.74, 6) is 1.18. The van der Waals surface area contributed by atoms with Crippen LogP contribution in [0, 0.1) is 0 Å². The van der Waals surface area contributed by atoms with Gasteiger partial charge in [0.15, 0.2) is 11.6 Å². The molecule has 0 saturated carbocycles. The molecule has 1 aromatic heterocycles. The van der Waals surface area contributed by atoms with Crippen molar-refractivity contribution in [2.45, 2.75) is 19.3 Å². The summed E-state index contributed by atoms with van der Waals surface area (Å²) >= 11 is 6.29. The van der Waals surface area contributed by atoms with Gasteiger partial charge in [-0.1, -0.05) is 86.6 Å².